The summed E-state index contributed by atoms with van der Waals surface area (Å²) in [5.41, 5.74) is 1.77. The highest BCUT2D eigenvalue weighted by Gasteiger charge is 2.30. The van der Waals surface area contributed by atoms with Gasteiger partial charge >= 0.3 is 0 Å². The van der Waals surface area contributed by atoms with Gasteiger partial charge < -0.3 is 14.8 Å². The number of amides is 1. The number of pyridine rings is 2. The molecular weight excluding hydrogens is 397 g/mol. The van der Waals surface area contributed by atoms with Gasteiger partial charge in [0, 0.05) is 50.1 Å². The minimum absolute atomic E-state index is 0.0702. The number of likely N-dealkylation sites (tertiary alicyclic amines) is 1. The molecule has 1 N–H and O–H groups in total. The molecule has 4 rings (SSSR count). The Morgan fingerprint density at radius 2 is 1.84 bits per heavy atom. The molecule has 3 aromatic heterocycles. The molecular formula is C23H28FN5O2. The second kappa shape index (κ2) is 7.83. The molecule has 1 aliphatic rings. The lowest BCUT2D eigenvalue weighted by Gasteiger charge is -2.32. The maximum Gasteiger partial charge on any atom is 0.255 e. The van der Waals surface area contributed by atoms with Crippen LogP contribution in [0.4, 0.5) is 10.2 Å². The predicted molar refractivity (Wildman–Crippen MR) is 118 cm³/mol. The zero-order valence-corrected chi connectivity index (χ0v) is 18.4. The van der Waals surface area contributed by atoms with Crippen molar-refractivity contribution in [2.24, 2.45) is 7.05 Å². The molecule has 0 atom stereocenters. The van der Waals surface area contributed by atoms with E-state index >= 15 is 0 Å². The fourth-order valence-corrected chi connectivity index (χ4v) is 4.06. The highest BCUT2D eigenvalue weighted by molar-refractivity contribution is 5.94. The van der Waals surface area contributed by atoms with Crippen molar-refractivity contribution < 1.29 is 9.18 Å². The Kier molecular flexibility index (Phi) is 5.33. The number of aromatic nitrogens is 3. The van der Waals surface area contributed by atoms with Crippen LogP contribution in [0, 0.1) is 5.82 Å². The van der Waals surface area contributed by atoms with Crippen LogP contribution in [0.2, 0.25) is 0 Å². The number of rotatable bonds is 3. The van der Waals surface area contributed by atoms with Gasteiger partial charge in [0.1, 0.15) is 17.3 Å². The lowest BCUT2D eigenvalue weighted by Crippen LogP contribution is -2.38. The SMILES string of the molecule is Cn1cc(C(=O)N2CCC(c3nc4ccc(F)cn4c3NC(C)(C)C)CC2)ccc1=O. The van der Waals surface area contributed by atoms with Crippen molar-refractivity contribution in [1.82, 2.24) is 18.9 Å². The third kappa shape index (κ3) is 4.33. The van der Waals surface area contributed by atoms with Crippen LogP contribution >= 0.6 is 0 Å². The third-order valence-electron chi connectivity index (χ3n) is 5.60. The molecule has 31 heavy (non-hydrogen) atoms. The van der Waals surface area contributed by atoms with E-state index in [1.165, 1.54) is 22.9 Å². The van der Waals surface area contributed by atoms with Gasteiger partial charge in [0.05, 0.1) is 11.3 Å². The molecule has 1 aliphatic heterocycles. The molecule has 0 radical (unpaired) electrons. The molecule has 0 aromatic carbocycles. The zero-order valence-electron chi connectivity index (χ0n) is 18.4. The molecule has 0 bridgehead atoms. The number of piperidine rings is 1. The molecule has 0 unspecified atom stereocenters. The van der Waals surface area contributed by atoms with Crippen molar-refractivity contribution in [3.63, 3.8) is 0 Å². The predicted octanol–water partition coefficient (Wildman–Crippen LogP) is 3.40. The number of aryl methyl sites for hydroxylation is 1. The van der Waals surface area contributed by atoms with Gasteiger partial charge in [-0.3, -0.25) is 14.0 Å². The normalized spacial score (nSPS) is 15.5. The lowest BCUT2D eigenvalue weighted by molar-refractivity contribution is 0.0711. The van der Waals surface area contributed by atoms with Gasteiger partial charge in [0.15, 0.2) is 0 Å². The number of carbonyl (C=O) groups is 1. The zero-order chi connectivity index (χ0) is 22.3. The van der Waals surface area contributed by atoms with Crippen LogP contribution in [0.5, 0.6) is 0 Å². The van der Waals surface area contributed by atoms with Gasteiger partial charge in [-0.25, -0.2) is 9.37 Å². The Morgan fingerprint density at radius 3 is 2.48 bits per heavy atom. The Morgan fingerprint density at radius 1 is 1.13 bits per heavy atom. The summed E-state index contributed by atoms with van der Waals surface area (Å²) in [6.45, 7) is 7.38. The minimum Gasteiger partial charge on any atom is -0.365 e. The van der Waals surface area contributed by atoms with Crippen molar-refractivity contribution >= 4 is 17.4 Å². The monoisotopic (exact) mass is 425 g/mol. The molecule has 1 amide bonds. The summed E-state index contributed by atoms with van der Waals surface area (Å²) in [6, 6.07) is 6.10. The summed E-state index contributed by atoms with van der Waals surface area (Å²) in [7, 11) is 1.64. The number of nitrogens with one attached hydrogen (secondary N) is 1. The van der Waals surface area contributed by atoms with E-state index < -0.39 is 0 Å². The fraction of sp³-hybridized carbons (Fsp3) is 0.435. The molecule has 0 aliphatic carbocycles. The highest BCUT2D eigenvalue weighted by atomic mass is 19.1. The molecule has 1 saturated heterocycles. The maximum absolute atomic E-state index is 13.9. The van der Waals surface area contributed by atoms with Crippen LogP contribution in [0.25, 0.3) is 5.65 Å². The van der Waals surface area contributed by atoms with Gasteiger partial charge in [-0.2, -0.15) is 0 Å². The van der Waals surface area contributed by atoms with E-state index in [2.05, 4.69) is 26.1 Å². The maximum atomic E-state index is 13.9. The van der Waals surface area contributed by atoms with E-state index in [4.69, 9.17) is 4.98 Å². The third-order valence-corrected chi connectivity index (χ3v) is 5.60. The van der Waals surface area contributed by atoms with E-state index in [1.807, 2.05) is 4.90 Å². The molecule has 7 nitrogen and oxygen atoms in total. The quantitative estimate of drug-likeness (QED) is 0.698. The molecule has 1 fully saturated rings. The van der Waals surface area contributed by atoms with Crippen LogP contribution in [-0.2, 0) is 7.05 Å². The number of halogens is 1. The largest absolute Gasteiger partial charge is 0.365 e. The molecule has 3 aromatic rings. The van der Waals surface area contributed by atoms with Gasteiger partial charge in [-0.05, 0) is 51.8 Å². The number of hydrogen-bond acceptors (Lipinski definition) is 4. The second-order valence-electron chi connectivity index (χ2n) is 9.23. The Balaban J connectivity index is 1.57. The first-order chi connectivity index (χ1) is 14.6. The van der Waals surface area contributed by atoms with E-state index in [0.29, 0.717) is 24.3 Å². The average Bonchev–Trinajstić information content (AvgIpc) is 3.05. The molecule has 0 spiro atoms. The Labute approximate surface area is 180 Å². The van der Waals surface area contributed by atoms with Gasteiger partial charge in [-0.1, -0.05) is 0 Å². The van der Waals surface area contributed by atoms with E-state index in [0.717, 1.165) is 24.4 Å². The number of imidazole rings is 1. The topological polar surface area (TPSA) is 71.6 Å². The molecule has 0 saturated carbocycles. The summed E-state index contributed by atoms with van der Waals surface area (Å²) in [6.07, 6.45) is 4.57. The summed E-state index contributed by atoms with van der Waals surface area (Å²) in [5, 5.41) is 3.49. The van der Waals surface area contributed by atoms with E-state index in [9.17, 15) is 14.0 Å². The van der Waals surface area contributed by atoms with Crippen LogP contribution in [0.15, 0.2) is 41.5 Å². The fourth-order valence-electron chi connectivity index (χ4n) is 4.06. The number of fused-ring (bicyclic) bond motifs is 1. The summed E-state index contributed by atoms with van der Waals surface area (Å²) >= 11 is 0. The van der Waals surface area contributed by atoms with Crippen molar-refractivity contribution in [2.75, 3.05) is 18.4 Å². The van der Waals surface area contributed by atoms with Gasteiger partial charge in [0.25, 0.3) is 5.91 Å². The van der Waals surface area contributed by atoms with Gasteiger partial charge in [-0.15, -0.1) is 0 Å². The Hall–Kier alpha value is -3.16. The second-order valence-corrected chi connectivity index (χ2v) is 9.23. The van der Waals surface area contributed by atoms with Crippen LogP contribution < -0.4 is 10.9 Å². The lowest BCUT2D eigenvalue weighted by atomic mass is 9.92. The van der Waals surface area contributed by atoms with Crippen LogP contribution in [0.1, 0.15) is 55.6 Å². The van der Waals surface area contributed by atoms with Crippen molar-refractivity contribution in [1.29, 1.82) is 0 Å². The van der Waals surface area contributed by atoms with Crippen LogP contribution in [0.3, 0.4) is 0 Å². The number of nitrogens with zero attached hydrogens (tertiary/aromatic N) is 4. The summed E-state index contributed by atoms with van der Waals surface area (Å²) in [5.74, 6) is 0.590. The highest BCUT2D eigenvalue weighted by Crippen LogP contribution is 2.35. The first kappa shape index (κ1) is 21.1. The first-order valence-corrected chi connectivity index (χ1v) is 10.5. The summed E-state index contributed by atoms with van der Waals surface area (Å²) in [4.78, 5) is 31.1. The van der Waals surface area contributed by atoms with E-state index in [-0.39, 0.29) is 28.7 Å². The standard InChI is InChI=1S/C23H28FN5O2/c1-23(2,3)26-21-20(25-18-7-6-17(24)14-29(18)21)15-9-11-28(12-10-15)22(31)16-5-8-19(30)27(4)13-16/h5-8,13-15,26H,9-12H2,1-4H3. The van der Waals surface area contributed by atoms with Gasteiger partial charge in [0.2, 0.25) is 5.56 Å². The first-order valence-electron chi connectivity index (χ1n) is 10.5. The summed E-state index contributed by atoms with van der Waals surface area (Å²) < 4.78 is 17.1. The smallest absolute Gasteiger partial charge is 0.255 e. The molecule has 4 heterocycles. The van der Waals surface area contributed by atoms with Crippen molar-refractivity contribution in [2.45, 2.75) is 45.1 Å². The van der Waals surface area contributed by atoms with Crippen LogP contribution in [-0.4, -0.2) is 43.4 Å². The molecule has 8 heteroatoms. The number of anilines is 1. The van der Waals surface area contributed by atoms with Crippen molar-refractivity contribution in [3.8, 4) is 0 Å². The number of carbonyl (C=O) groups excluding carboxylic acids is 1. The number of hydrogen-bond donors (Lipinski definition) is 1. The van der Waals surface area contributed by atoms with Crippen molar-refractivity contribution in [3.05, 3.63) is 64.1 Å². The Bertz CT molecular complexity index is 1180. The minimum atomic E-state index is -0.314. The van der Waals surface area contributed by atoms with E-state index in [1.54, 1.807) is 29.8 Å². The molecule has 164 valence electrons. The average molecular weight is 426 g/mol.